The number of hydrogen-bond donors (Lipinski definition) is 2. The third kappa shape index (κ3) is 3.98. The summed E-state index contributed by atoms with van der Waals surface area (Å²) in [6.07, 6.45) is 0.560. The molecule has 30 heavy (non-hydrogen) atoms. The lowest BCUT2D eigenvalue weighted by Crippen LogP contribution is -2.68. The number of nitrogens with zero attached hydrogens (tertiary/aromatic N) is 3. The van der Waals surface area contributed by atoms with Crippen molar-refractivity contribution in [1.29, 1.82) is 0 Å². The Bertz CT molecular complexity index is 1050. The fourth-order valence-electron chi connectivity index (χ4n) is 3.09. The monoisotopic (exact) mass is 444 g/mol. The largest absolute Gasteiger partial charge is 0.542 e. The molecule has 1 fully saturated rings. The fourth-order valence-corrected chi connectivity index (χ4v) is 4.37. The Balaban J connectivity index is 0.000000318. The van der Waals surface area contributed by atoms with Gasteiger partial charge in [-0.1, -0.05) is 6.07 Å². The average Bonchev–Trinajstić information content (AvgIpc) is 3.09. The second kappa shape index (κ2) is 7.99. The Kier molecular flexibility index (Phi) is 5.76. The van der Waals surface area contributed by atoms with Gasteiger partial charge in [-0.25, -0.2) is 13.8 Å². The van der Waals surface area contributed by atoms with Gasteiger partial charge in [-0.05, 0) is 6.07 Å². The molecule has 0 spiro atoms. The number of pyridine rings is 1. The highest BCUT2D eigenvalue weighted by molar-refractivity contribution is 8.00. The van der Waals surface area contributed by atoms with Crippen molar-refractivity contribution < 1.29 is 42.2 Å². The first-order valence-corrected chi connectivity index (χ1v) is 9.46. The highest BCUT2D eigenvalue weighted by Crippen LogP contribution is 2.39. The van der Waals surface area contributed by atoms with Crippen molar-refractivity contribution in [3.05, 3.63) is 48.1 Å². The Morgan fingerprint density at radius 3 is 2.60 bits per heavy atom. The maximum Gasteiger partial charge on any atom is 0.430 e. The van der Waals surface area contributed by atoms with Crippen molar-refractivity contribution in [2.24, 2.45) is 5.73 Å². The number of carboxylic acid groups (broad SMARTS) is 2. The van der Waals surface area contributed by atoms with Crippen LogP contribution >= 0.6 is 11.8 Å². The SMILES string of the molecule is N[C@@H]1C(=O)N2C(C(=O)O)=C(Cn3cc[n+]4ccccc34)CS[C@@H]12.O=C([O-])C(F)(F)F. The molecule has 0 aliphatic carbocycles. The number of nitrogens with two attached hydrogens (primary N) is 1. The van der Waals surface area contributed by atoms with Crippen LogP contribution in [0.2, 0.25) is 0 Å². The van der Waals surface area contributed by atoms with Gasteiger partial charge in [-0.3, -0.25) is 9.69 Å². The van der Waals surface area contributed by atoms with E-state index in [2.05, 4.69) is 0 Å². The molecule has 3 N–H and O–H groups in total. The number of amides is 1. The molecule has 4 heterocycles. The summed E-state index contributed by atoms with van der Waals surface area (Å²) in [4.78, 5) is 33.7. The first-order valence-electron chi connectivity index (χ1n) is 8.41. The second-order valence-electron chi connectivity index (χ2n) is 6.37. The van der Waals surface area contributed by atoms with Crippen molar-refractivity contribution in [2.45, 2.75) is 24.1 Å². The smallest absolute Gasteiger partial charge is 0.430 e. The minimum Gasteiger partial charge on any atom is -0.542 e. The second-order valence-corrected chi connectivity index (χ2v) is 7.48. The molecule has 4 rings (SSSR count). The van der Waals surface area contributed by atoms with Crippen LogP contribution in [0.25, 0.3) is 5.65 Å². The fraction of sp³-hybridized carbons (Fsp3) is 0.294. The third-order valence-electron chi connectivity index (χ3n) is 4.45. The van der Waals surface area contributed by atoms with Crippen molar-refractivity contribution in [3.63, 3.8) is 0 Å². The van der Waals surface area contributed by atoms with Gasteiger partial charge in [-0.15, -0.1) is 11.8 Å². The van der Waals surface area contributed by atoms with Crippen molar-refractivity contribution >= 4 is 35.3 Å². The molecular formula is C17H15F3N4O5S. The summed E-state index contributed by atoms with van der Waals surface area (Å²) in [5.74, 6) is -3.84. The van der Waals surface area contributed by atoms with Gasteiger partial charge in [0.1, 0.15) is 42.0 Å². The van der Waals surface area contributed by atoms with Crippen LogP contribution in [0.3, 0.4) is 0 Å². The molecule has 0 bridgehead atoms. The van der Waals surface area contributed by atoms with Gasteiger partial charge in [0, 0.05) is 17.4 Å². The van der Waals surface area contributed by atoms with Crippen LogP contribution in [0.5, 0.6) is 0 Å². The van der Waals surface area contributed by atoms with E-state index in [1.54, 1.807) is 0 Å². The summed E-state index contributed by atoms with van der Waals surface area (Å²) in [6.45, 7) is 0.431. The van der Waals surface area contributed by atoms with Crippen molar-refractivity contribution in [2.75, 3.05) is 5.75 Å². The normalized spacial score (nSPS) is 20.9. The van der Waals surface area contributed by atoms with Crippen LogP contribution in [-0.2, 0) is 20.9 Å². The molecule has 2 aliphatic heterocycles. The molecular weight excluding hydrogens is 429 g/mol. The number of aromatic nitrogens is 2. The number of hydrogen-bond acceptors (Lipinski definition) is 6. The van der Waals surface area contributed by atoms with Crippen LogP contribution < -0.4 is 15.2 Å². The van der Waals surface area contributed by atoms with Gasteiger partial charge in [0.25, 0.3) is 5.65 Å². The molecule has 9 nitrogen and oxygen atoms in total. The lowest BCUT2D eigenvalue weighted by Gasteiger charge is -2.47. The van der Waals surface area contributed by atoms with Gasteiger partial charge in [0.05, 0.1) is 6.20 Å². The van der Waals surface area contributed by atoms with Gasteiger partial charge < -0.3 is 20.7 Å². The predicted octanol–water partition coefficient (Wildman–Crippen LogP) is -0.893. The summed E-state index contributed by atoms with van der Waals surface area (Å²) < 4.78 is 35.5. The number of carbonyl (C=O) groups is 3. The van der Waals surface area contributed by atoms with E-state index in [-0.39, 0.29) is 17.0 Å². The molecule has 2 aromatic heterocycles. The molecule has 0 saturated carbocycles. The highest BCUT2D eigenvalue weighted by atomic mass is 32.2. The molecule has 2 atom stereocenters. The summed E-state index contributed by atoms with van der Waals surface area (Å²) >= 11 is 1.52. The van der Waals surface area contributed by atoms with Crippen molar-refractivity contribution in [1.82, 2.24) is 9.47 Å². The summed E-state index contributed by atoms with van der Waals surface area (Å²) in [6, 6.07) is 5.23. The molecule has 2 aromatic rings. The predicted molar refractivity (Wildman–Crippen MR) is 94.4 cm³/mol. The van der Waals surface area contributed by atoms with E-state index in [0.29, 0.717) is 12.3 Å². The Labute approximate surface area is 171 Å². The number of carboxylic acids is 2. The van der Waals surface area contributed by atoms with Crippen LogP contribution in [0.4, 0.5) is 13.2 Å². The number of imidazole rings is 1. The molecule has 160 valence electrons. The molecule has 0 radical (unpaired) electrons. The standard InChI is InChI=1S/C15H14N4O3S.C2HF3O2/c16-11-13(20)19-12(15(21)22)9(8-23-14(11)19)7-18-6-5-17-4-2-1-3-10(17)18;3-2(4,5)1(6)7/h1-6,11,14H,7-8,16H2;(H,6,7)/t11-,14+;/m1./s1. The van der Waals surface area contributed by atoms with Crippen LogP contribution in [0.15, 0.2) is 48.1 Å². The first-order chi connectivity index (χ1) is 14.0. The number of alkyl halides is 3. The van der Waals surface area contributed by atoms with E-state index in [0.717, 1.165) is 11.2 Å². The lowest BCUT2D eigenvalue weighted by molar-refractivity contribution is -0.510. The summed E-state index contributed by atoms with van der Waals surface area (Å²) in [5.41, 5.74) is 7.53. The molecule has 0 unspecified atom stereocenters. The maximum atomic E-state index is 12.0. The minimum atomic E-state index is -5.19. The van der Waals surface area contributed by atoms with Crippen LogP contribution in [-0.4, -0.2) is 55.8 Å². The van der Waals surface area contributed by atoms with Crippen LogP contribution in [0, 0.1) is 0 Å². The van der Waals surface area contributed by atoms with Gasteiger partial charge in [0.15, 0.2) is 0 Å². The van der Waals surface area contributed by atoms with E-state index < -0.39 is 24.2 Å². The van der Waals surface area contributed by atoms with E-state index >= 15 is 0 Å². The summed E-state index contributed by atoms with van der Waals surface area (Å²) in [7, 11) is 0. The molecule has 2 aliphatic rings. The van der Waals surface area contributed by atoms with Gasteiger partial charge in [-0.2, -0.15) is 13.2 Å². The number of thioether (sulfide) groups is 1. The average molecular weight is 444 g/mol. The van der Waals surface area contributed by atoms with E-state index in [1.165, 1.54) is 16.7 Å². The number of β-lactam (4-membered cyclic amide) rings is 1. The minimum absolute atomic E-state index is 0.0863. The van der Waals surface area contributed by atoms with Gasteiger partial charge >= 0.3 is 12.1 Å². The quantitative estimate of drug-likeness (QED) is 0.463. The topological polar surface area (TPSA) is 133 Å². The zero-order chi connectivity index (χ0) is 22.2. The third-order valence-corrected chi connectivity index (χ3v) is 5.81. The number of carbonyl (C=O) groups excluding carboxylic acids is 2. The van der Waals surface area contributed by atoms with Crippen molar-refractivity contribution in [3.8, 4) is 0 Å². The molecule has 1 saturated heterocycles. The highest BCUT2D eigenvalue weighted by Gasteiger charge is 2.51. The number of aliphatic carboxylic acids is 2. The molecule has 1 amide bonds. The van der Waals surface area contributed by atoms with Gasteiger partial charge in [0.2, 0.25) is 5.91 Å². The lowest BCUT2D eigenvalue weighted by atomic mass is 10.0. The molecule has 13 heteroatoms. The zero-order valence-corrected chi connectivity index (χ0v) is 15.9. The molecule has 0 aromatic carbocycles. The first kappa shape index (κ1) is 21.6. The van der Waals surface area contributed by atoms with E-state index in [4.69, 9.17) is 15.6 Å². The number of halogens is 3. The summed E-state index contributed by atoms with van der Waals surface area (Å²) in [5, 5.41) is 18.1. The zero-order valence-electron chi connectivity index (χ0n) is 15.1. The number of fused-ring (bicyclic) bond motifs is 2. The Hall–Kier alpha value is -3.06. The number of rotatable bonds is 3. The Morgan fingerprint density at radius 2 is 2.00 bits per heavy atom. The maximum absolute atomic E-state index is 12.0. The van der Waals surface area contributed by atoms with E-state index in [9.17, 15) is 27.9 Å². The van der Waals surface area contributed by atoms with E-state index in [1.807, 2.05) is 45.8 Å². The Morgan fingerprint density at radius 1 is 1.33 bits per heavy atom. The van der Waals surface area contributed by atoms with Crippen LogP contribution in [0.1, 0.15) is 0 Å².